The van der Waals surface area contributed by atoms with Crippen molar-refractivity contribution in [2.45, 2.75) is 32.4 Å². The SMILES string of the molecule is COCCCS(=O)(=O)CC(O)CNC(C)C. The van der Waals surface area contributed by atoms with Gasteiger partial charge in [-0.2, -0.15) is 0 Å². The van der Waals surface area contributed by atoms with E-state index in [1.165, 1.54) is 7.11 Å². The van der Waals surface area contributed by atoms with Crippen LogP contribution in [0.5, 0.6) is 0 Å². The summed E-state index contributed by atoms with van der Waals surface area (Å²) >= 11 is 0. The Morgan fingerprint density at radius 3 is 2.50 bits per heavy atom. The van der Waals surface area contributed by atoms with Gasteiger partial charge in [0.1, 0.15) is 0 Å². The van der Waals surface area contributed by atoms with E-state index in [0.717, 1.165) is 0 Å². The van der Waals surface area contributed by atoms with Gasteiger partial charge in [0.2, 0.25) is 0 Å². The molecule has 98 valence electrons. The molecule has 0 aliphatic rings. The molecule has 0 rings (SSSR count). The van der Waals surface area contributed by atoms with Gasteiger partial charge in [0.05, 0.1) is 17.6 Å². The van der Waals surface area contributed by atoms with E-state index in [2.05, 4.69) is 5.32 Å². The standard InChI is InChI=1S/C10H23NO4S/c1-9(2)11-7-10(12)8-16(13,14)6-4-5-15-3/h9-12H,4-8H2,1-3H3. The van der Waals surface area contributed by atoms with Crippen molar-refractivity contribution in [2.75, 3.05) is 31.8 Å². The molecular formula is C10H23NO4S. The fourth-order valence-electron chi connectivity index (χ4n) is 1.23. The molecule has 1 atom stereocenters. The summed E-state index contributed by atoms with van der Waals surface area (Å²) in [5.41, 5.74) is 0. The van der Waals surface area contributed by atoms with Crippen molar-refractivity contribution in [3.05, 3.63) is 0 Å². The summed E-state index contributed by atoms with van der Waals surface area (Å²) < 4.78 is 27.8. The van der Waals surface area contributed by atoms with Crippen molar-refractivity contribution in [2.24, 2.45) is 0 Å². The second kappa shape index (κ2) is 8.00. The Kier molecular flexibility index (Phi) is 7.91. The van der Waals surface area contributed by atoms with E-state index in [-0.39, 0.29) is 17.5 Å². The number of hydrogen-bond acceptors (Lipinski definition) is 5. The molecule has 0 aliphatic heterocycles. The Morgan fingerprint density at radius 1 is 1.38 bits per heavy atom. The van der Waals surface area contributed by atoms with Gasteiger partial charge in [-0.1, -0.05) is 13.8 Å². The molecule has 0 aromatic carbocycles. The molecule has 0 aromatic heterocycles. The average molecular weight is 253 g/mol. The third-order valence-electron chi connectivity index (χ3n) is 2.01. The molecule has 0 aliphatic carbocycles. The van der Waals surface area contributed by atoms with E-state index in [0.29, 0.717) is 19.6 Å². The predicted octanol–water partition coefficient (Wildman–Crippen LogP) is -0.203. The minimum Gasteiger partial charge on any atom is -0.391 e. The van der Waals surface area contributed by atoms with E-state index < -0.39 is 15.9 Å². The summed E-state index contributed by atoms with van der Waals surface area (Å²) in [7, 11) is -1.64. The van der Waals surface area contributed by atoms with E-state index >= 15 is 0 Å². The predicted molar refractivity (Wildman–Crippen MR) is 64.3 cm³/mol. The molecule has 0 radical (unpaired) electrons. The topological polar surface area (TPSA) is 75.6 Å². The van der Waals surface area contributed by atoms with Crippen LogP contribution in [0.3, 0.4) is 0 Å². The Balaban J connectivity index is 3.86. The minimum absolute atomic E-state index is 0.0690. The number of sulfone groups is 1. The number of ether oxygens (including phenoxy) is 1. The van der Waals surface area contributed by atoms with Gasteiger partial charge < -0.3 is 15.2 Å². The lowest BCUT2D eigenvalue weighted by atomic mass is 10.3. The number of rotatable bonds is 9. The smallest absolute Gasteiger partial charge is 0.152 e. The van der Waals surface area contributed by atoms with Crippen molar-refractivity contribution < 1.29 is 18.3 Å². The van der Waals surface area contributed by atoms with Crippen LogP contribution >= 0.6 is 0 Å². The minimum atomic E-state index is -3.17. The summed E-state index contributed by atoms with van der Waals surface area (Å²) in [6.45, 7) is 4.63. The zero-order chi connectivity index (χ0) is 12.6. The molecule has 0 bridgehead atoms. The van der Waals surface area contributed by atoms with E-state index in [9.17, 15) is 13.5 Å². The Hall–Kier alpha value is -0.170. The van der Waals surface area contributed by atoms with Crippen molar-refractivity contribution in [3.8, 4) is 0 Å². The molecule has 0 spiro atoms. The van der Waals surface area contributed by atoms with Crippen molar-refractivity contribution in [1.29, 1.82) is 0 Å². The highest BCUT2D eigenvalue weighted by Gasteiger charge is 2.16. The highest BCUT2D eigenvalue weighted by atomic mass is 32.2. The van der Waals surface area contributed by atoms with Crippen LogP contribution in [0.25, 0.3) is 0 Å². The number of aliphatic hydroxyl groups is 1. The van der Waals surface area contributed by atoms with Crippen molar-refractivity contribution in [3.63, 3.8) is 0 Å². The first-order valence-electron chi connectivity index (χ1n) is 5.48. The van der Waals surface area contributed by atoms with E-state index in [1.54, 1.807) is 0 Å². The highest BCUT2D eigenvalue weighted by molar-refractivity contribution is 7.91. The molecule has 0 aromatic rings. The zero-order valence-corrected chi connectivity index (χ0v) is 11.1. The molecule has 0 saturated carbocycles. The first-order chi connectivity index (χ1) is 7.37. The molecule has 5 nitrogen and oxygen atoms in total. The lowest BCUT2D eigenvalue weighted by Gasteiger charge is -2.14. The second-order valence-electron chi connectivity index (χ2n) is 4.18. The van der Waals surface area contributed by atoms with Gasteiger partial charge >= 0.3 is 0 Å². The lowest BCUT2D eigenvalue weighted by molar-refractivity contribution is 0.189. The molecule has 0 amide bonds. The molecule has 2 N–H and O–H groups in total. The third kappa shape index (κ3) is 9.08. The fraction of sp³-hybridized carbons (Fsp3) is 1.00. The van der Waals surface area contributed by atoms with Crippen LogP contribution in [0.15, 0.2) is 0 Å². The van der Waals surface area contributed by atoms with Crippen molar-refractivity contribution in [1.82, 2.24) is 5.32 Å². The number of nitrogens with one attached hydrogen (secondary N) is 1. The quantitative estimate of drug-likeness (QED) is 0.556. The van der Waals surface area contributed by atoms with Crippen LogP contribution in [0, 0.1) is 0 Å². The van der Waals surface area contributed by atoms with Crippen LogP contribution in [0.4, 0.5) is 0 Å². The van der Waals surface area contributed by atoms with Crippen LogP contribution in [0.1, 0.15) is 20.3 Å². The largest absolute Gasteiger partial charge is 0.391 e. The first-order valence-corrected chi connectivity index (χ1v) is 7.30. The van der Waals surface area contributed by atoms with Gasteiger partial charge in [0.15, 0.2) is 9.84 Å². The molecule has 0 fully saturated rings. The third-order valence-corrected chi connectivity index (χ3v) is 3.82. The van der Waals surface area contributed by atoms with Crippen LogP contribution < -0.4 is 5.32 Å². The van der Waals surface area contributed by atoms with Gasteiger partial charge in [-0.15, -0.1) is 0 Å². The molecular weight excluding hydrogens is 230 g/mol. The average Bonchev–Trinajstić information content (AvgIpc) is 2.14. The molecule has 0 saturated heterocycles. The zero-order valence-electron chi connectivity index (χ0n) is 10.3. The lowest BCUT2D eigenvalue weighted by Crippen LogP contribution is -2.36. The second-order valence-corrected chi connectivity index (χ2v) is 6.41. The molecule has 0 heterocycles. The van der Waals surface area contributed by atoms with Crippen LogP contribution in [-0.4, -0.2) is 57.4 Å². The molecule has 1 unspecified atom stereocenters. The monoisotopic (exact) mass is 253 g/mol. The maximum absolute atomic E-state index is 11.5. The Morgan fingerprint density at radius 2 is 2.00 bits per heavy atom. The maximum Gasteiger partial charge on any atom is 0.152 e. The Bertz CT molecular complexity index is 264. The van der Waals surface area contributed by atoms with E-state index in [4.69, 9.17) is 4.74 Å². The highest BCUT2D eigenvalue weighted by Crippen LogP contribution is 1.98. The summed E-state index contributed by atoms with van der Waals surface area (Å²) in [6, 6.07) is 0.242. The fourth-order valence-corrected chi connectivity index (χ4v) is 2.66. The molecule has 16 heavy (non-hydrogen) atoms. The summed E-state index contributed by atoms with van der Waals surface area (Å²) in [5, 5.41) is 12.5. The maximum atomic E-state index is 11.5. The summed E-state index contributed by atoms with van der Waals surface area (Å²) in [4.78, 5) is 0. The van der Waals surface area contributed by atoms with Crippen LogP contribution in [0.2, 0.25) is 0 Å². The number of methoxy groups -OCH3 is 1. The number of aliphatic hydroxyl groups excluding tert-OH is 1. The van der Waals surface area contributed by atoms with Crippen LogP contribution in [-0.2, 0) is 14.6 Å². The normalized spacial score (nSPS) is 14.3. The van der Waals surface area contributed by atoms with Gasteiger partial charge in [0, 0.05) is 26.3 Å². The van der Waals surface area contributed by atoms with Gasteiger partial charge in [0.25, 0.3) is 0 Å². The molecule has 6 heteroatoms. The summed E-state index contributed by atoms with van der Waals surface area (Å²) in [6.07, 6.45) is -0.363. The first kappa shape index (κ1) is 15.8. The van der Waals surface area contributed by atoms with Gasteiger partial charge in [-0.05, 0) is 6.42 Å². The van der Waals surface area contributed by atoms with E-state index in [1.807, 2.05) is 13.8 Å². The van der Waals surface area contributed by atoms with Gasteiger partial charge in [-0.25, -0.2) is 8.42 Å². The Labute approximate surface area is 98.1 Å². The van der Waals surface area contributed by atoms with Crippen molar-refractivity contribution >= 4 is 9.84 Å². The van der Waals surface area contributed by atoms with Gasteiger partial charge in [-0.3, -0.25) is 0 Å². The number of hydrogen-bond donors (Lipinski definition) is 2. The summed E-state index contributed by atoms with van der Waals surface area (Å²) in [5.74, 6) is -0.115.